The first-order chi connectivity index (χ1) is 9.13. The van der Waals surface area contributed by atoms with Gasteiger partial charge < -0.3 is 21.0 Å². The number of amidine groups is 1. The van der Waals surface area contributed by atoms with E-state index in [1.807, 2.05) is 6.92 Å². The number of oxime groups is 1. The molecule has 6 heteroatoms. The molecule has 1 amide bonds. The lowest BCUT2D eigenvalue weighted by atomic mass is 9.98. The van der Waals surface area contributed by atoms with Gasteiger partial charge in [-0.1, -0.05) is 25.4 Å². The molecule has 1 aliphatic heterocycles. The molecule has 1 heterocycles. The van der Waals surface area contributed by atoms with Gasteiger partial charge in [-0.3, -0.25) is 4.79 Å². The molecule has 3 atom stereocenters. The maximum atomic E-state index is 12.1. The Hall–Kier alpha value is -1.30. The highest BCUT2D eigenvalue weighted by atomic mass is 16.5. The highest BCUT2D eigenvalue weighted by molar-refractivity contribution is 6.02. The predicted molar refractivity (Wildman–Crippen MR) is 73.0 cm³/mol. The lowest BCUT2D eigenvalue weighted by molar-refractivity contribution is -0.123. The van der Waals surface area contributed by atoms with Crippen molar-refractivity contribution >= 4 is 11.7 Å². The van der Waals surface area contributed by atoms with Crippen LogP contribution in [0.25, 0.3) is 0 Å². The number of carbonyl (C=O) groups excluding carboxylic acids is 1. The second-order valence-electron chi connectivity index (χ2n) is 4.98. The summed E-state index contributed by atoms with van der Waals surface area (Å²) in [6, 6.07) is 0. The summed E-state index contributed by atoms with van der Waals surface area (Å²) in [5, 5.41) is 14.5. The van der Waals surface area contributed by atoms with Crippen LogP contribution in [0.15, 0.2) is 5.16 Å². The summed E-state index contributed by atoms with van der Waals surface area (Å²) in [4.78, 5) is 12.1. The van der Waals surface area contributed by atoms with Crippen molar-refractivity contribution in [3.8, 4) is 0 Å². The zero-order valence-electron chi connectivity index (χ0n) is 11.8. The molecule has 0 aromatic carbocycles. The van der Waals surface area contributed by atoms with Gasteiger partial charge in [-0.15, -0.1) is 0 Å². The minimum atomic E-state index is -0.544. The van der Waals surface area contributed by atoms with Crippen LogP contribution < -0.4 is 11.1 Å². The SMILES string of the molecule is CCCC(C(=O)NCC1CCOC1CC)C(N)=NO. The van der Waals surface area contributed by atoms with E-state index in [2.05, 4.69) is 17.4 Å². The Morgan fingerprint density at radius 1 is 1.58 bits per heavy atom. The quantitative estimate of drug-likeness (QED) is 0.279. The van der Waals surface area contributed by atoms with Gasteiger partial charge in [0.25, 0.3) is 0 Å². The van der Waals surface area contributed by atoms with Gasteiger partial charge in [0.1, 0.15) is 0 Å². The molecule has 4 N–H and O–H groups in total. The fourth-order valence-electron chi connectivity index (χ4n) is 2.50. The maximum Gasteiger partial charge on any atom is 0.230 e. The molecule has 0 aromatic rings. The van der Waals surface area contributed by atoms with Crippen molar-refractivity contribution in [1.82, 2.24) is 5.32 Å². The summed E-state index contributed by atoms with van der Waals surface area (Å²) in [5.74, 6) is -0.367. The monoisotopic (exact) mass is 271 g/mol. The predicted octanol–water partition coefficient (Wildman–Crippen LogP) is 1.08. The van der Waals surface area contributed by atoms with Crippen LogP contribution in [0.1, 0.15) is 39.5 Å². The van der Waals surface area contributed by atoms with E-state index < -0.39 is 5.92 Å². The van der Waals surface area contributed by atoms with Gasteiger partial charge in [-0.25, -0.2) is 0 Å². The Bertz CT molecular complexity index is 320. The van der Waals surface area contributed by atoms with E-state index in [4.69, 9.17) is 15.7 Å². The average molecular weight is 271 g/mol. The molecule has 3 unspecified atom stereocenters. The van der Waals surface area contributed by atoms with Gasteiger partial charge >= 0.3 is 0 Å². The van der Waals surface area contributed by atoms with Crippen molar-refractivity contribution in [2.45, 2.75) is 45.6 Å². The molecule has 0 aromatic heterocycles. The average Bonchev–Trinajstić information content (AvgIpc) is 2.88. The summed E-state index contributed by atoms with van der Waals surface area (Å²) < 4.78 is 5.58. The Morgan fingerprint density at radius 2 is 2.32 bits per heavy atom. The lowest BCUT2D eigenvalue weighted by Crippen LogP contribution is -2.41. The zero-order chi connectivity index (χ0) is 14.3. The van der Waals surface area contributed by atoms with Crippen LogP contribution in [0.5, 0.6) is 0 Å². The van der Waals surface area contributed by atoms with E-state index in [0.717, 1.165) is 25.9 Å². The number of rotatable bonds is 7. The molecule has 0 aliphatic carbocycles. The van der Waals surface area contributed by atoms with Crippen molar-refractivity contribution in [3.05, 3.63) is 0 Å². The fourth-order valence-corrected chi connectivity index (χ4v) is 2.50. The van der Waals surface area contributed by atoms with Crippen molar-refractivity contribution < 1.29 is 14.7 Å². The molecular formula is C13H25N3O3. The van der Waals surface area contributed by atoms with Gasteiger partial charge in [0, 0.05) is 19.1 Å². The third-order valence-electron chi connectivity index (χ3n) is 3.65. The number of carbonyl (C=O) groups is 1. The van der Waals surface area contributed by atoms with Crippen molar-refractivity contribution in [3.63, 3.8) is 0 Å². The van der Waals surface area contributed by atoms with Crippen LogP contribution in [0.2, 0.25) is 0 Å². The summed E-state index contributed by atoms with van der Waals surface area (Å²) in [5.41, 5.74) is 5.56. The van der Waals surface area contributed by atoms with Crippen LogP contribution in [-0.2, 0) is 9.53 Å². The molecule has 110 valence electrons. The Balaban J connectivity index is 2.48. The molecule has 0 radical (unpaired) electrons. The standard InChI is InChI=1S/C13H25N3O3/c1-3-5-10(12(14)16-18)13(17)15-8-9-6-7-19-11(9)4-2/h9-11,18H,3-8H2,1-2H3,(H2,14,16)(H,15,17). The third kappa shape index (κ3) is 4.38. The van der Waals surface area contributed by atoms with Crippen LogP contribution in [0.3, 0.4) is 0 Å². The summed E-state index contributed by atoms with van der Waals surface area (Å²) in [6.07, 6.45) is 3.55. The van der Waals surface area contributed by atoms with E-state index in [0.29, 0.717) is 18.9 Å². The van der Waals surface area contributed by atoms with Gasteiger partial charge in [-0.2, -0.15) is 0 Å². The van der Waals surface area contributed by atoms with E-state index in [9.17, 15) is 4.79 Å². The fraction of sp³-hybridized carbons (Fsp3) is 0.846. The Kier molecular flexibility index (Phi) is 6.62. The van der Waals surface area contributed by atoms with Crippen LogP contribution in [0, 0.1) is 11.8 Å². The molecule has 6 nitrogen and oxygen atoms in total. The highest BCUT2D eigenvalue weighted by Crippen LogP contribution is 2.22. The normalized spacial score (nSPS) is 25.3. The van der Waals surface area contributed by atoms with Gasteiger partial charge in [0.2, 0.25) is 5.91 Å². The largest absolute Gasteiger partial charge is 0.409 e. The smallest absolute Gasteiger partial charge is 0.230 e. The first kappa shape index (κ1) is 15.8. The van der Waals surface area contributed by atoms with Gasteiger partial charge in [0.05, 0.1) is 12.0 Å². The Morgan fingerprint density at radius 3 is 2.89 bits per heavy atom. The van der Waals surface area contributed by atoms with Crippen molar-refractivity contribution in [2.24, 2.45) is 22.7 Å². The molecule has 1 saturated heterocycles. The molecule has 19 heavy (non-hydrogen) atoms. The second-order valence-corrected chi connectivity index (χ2v) is 4.98. The first-order valence-electron chi connectivity index (χ1n) is 7.00. The molecule has 0 spiro atoms. The van der Waals surface area contributed by atoms with Gasteiger partial charge in [0.15, 0.2) is 5.84 Å². The number of amides is 1. The molecule has 1 fully saturated rings. The van der Waals surface area contributed by atoms with Gasteiger partial charge in [-0.05, 0) is 19.3 Å². The lowest BCUT2D eigenvalue weighted by Gasteiger charge is -2.19. The Labute approximate surface area is 114 Å². The number of nitrogens with two attached hydrogens (primary N) is 1. The van der Waals surface area contributed by atoms with Crippen LogP contribution >= 0.6 is 0 Å². The first-order valence-corrected chi connectivity index (χ1v) is 7.00. The second kappa shape index (κ2) is 7.99. The van der Waals surface area contributed by atoms with E-state index in [-0.39, 0.29) is 17.8 Å². The van der Waals surface area contributed by atoms with E-state index in [1.165, 1.54) is 0 Å². The number of nitrogens with zero attached hydrogens (tertiary/aromatic N) is 1. The minimum absolute atomic E-state index is 0.0194. The van der Waals surface area contributed by atoms with E-state index >= 15 is 0 Å². The summed E-state index contributed by atoms with van der Waals surface area (Å²) in [7, 11) is 0. The number of hydrogen-bond acceptors (Lipinski definition) is 4. The minimum Gasteiger partial charge on any atom is -0.409 e. The van der Waals surface area contributed by atoms with Crippen molar-refractivity contribution in [2.75, 3.05) is 13.2 Å². The van der Waals surface area contributed by atoms with E-state index in [1.54, 1.807) is 0 Å². The molecule has 0 bridgehead atoms. The number of ether oxygens (including phenoxy) is 1. The molecule has 1 aliphatic rings. The molecule has 0 saturated carbocycles. The molecule has 1 rings (SSSR count). The molecular weight excluding hydrogens is 246 g/mol. The topological polar surface area (TPSA) is 96.9 Å². The highest BCUT2D eigenvalue weighted by Gasteiger charge is 2.28. The maximum absolute atomic E-state index is 12.1. The summed E-state index contributed by atoms with van der Waals surface area (Å²) >= 11 is 0. The number of hydrogen-bond donors (Lipinski definition) is 3. The van der Waals surface area contributed by atoms with Crippen LogP contribution in [-0.4, -0.2) is 36.2 Å². The van der Waals surface area contributed by atoms with Crippen molar-refractivity contribution in [1.29, 1.82) is 0 Å². The third-order valence-corrected chi connectivity index (χ3v) is 3.65. The number of nitrogens with one attached hydrogen (secondary N) is 1. The van der Waals surface area contributed by atoms with Crippen LogP contribution in [0.4, 0.5) is 0 Å². The zero-order valence-corrected chi connectivity index (χ0v) is 11.8. The summed E-state index contributed by atoms with van der Waals surface area (Å²) in [6.45, 7) is 5.40.